The summed E-state index contributed by atoms with van der Waals surface area (Å²) in [6.07, 6.45) is 5.42. The van der Waals surface area contributed by atoms with E-state index in [9.17, 15) is 4.79 Å². The van der Waals surface area contributed by atoms with E-state index in [0.29, 0.717) is 10.9 Å². The highest BCUT2D eigenvalue weighted by Gasteiger charge is 2.27. The molecule has 6 heteroatoms. The topological polar surface area (TPSA) is 58.1 Å². The lowest BCUT2D eigenvalue weighted by Gasteiger charge is -2.27. The first kappa shape index (κ1) is 15.1. The monoisotopic (exact) mass is 316 g/mol. The maximum absolute atomic E-state index is 12.8. The Hall–Kier alpha value is -1.79. The van der Waals surface area contributed by atoms with Crippen molar-refractivity contribution in [3.05, 3.63) is 35.5 Å². The lowest BCUT2D eigenvalue weighted by atomic mass is 10.2. The Morgan fingerprint density at radius 3 is 3.05 bits per heavy atom. The Labute approximate surface area is 134 Å². The predicted octanol–water partition coefficient (Wildman–Crippen LogP) is 2.42. The largest absolute Gasteiger partial charge is 0.334 e. The second-order valence-corrected chi connectivity index (χ2v) is 6.42. The Morgan fingerprint density at radius 2 is 2.36 bits per heavy atom. The van der Waals surface area contributed by atoms with Crippen LogP contribution in [0.1, 0.15) is 29.4 Å². The van der Waals surface area contributed by atoms with Gasteiger partial charge in [-0.15, -0.1) is 11.3 Å². The van der Waals surface area contributed by atoms with Crippen LogP contribution < -0.4 is 5.32 Å². The van der Waals surface area contributed by atoms with E-state index in [1.807, 2.05) is 23.1 Å². The fraction of sp³-hybridized carbons (Fsp3) is 0.438. The first-order valence-electron chi connectivity index (χ1n) is 7.68. The van der Waals surface area contributed by atoms with Crippen LogP contribution in [0.5, 0.6) is 0 Å². The third kappa shape index (κ3) is 3.18. The number of aromatic nitrogens is 2. The summed E-state index contributed by atoms with van der Waals surface area (Å²) in [5.74, 6) is 0.0928. The van der Waals surface area contributed by atoms with Crippen molar-refractivity contribution >= 4 is 17.2 Å². The van der Waals surface area contributed by atoms with E-state index in [1.54, 1.807) is 12.4 Å². The molecule has 22 heavy (non-hydrogen) atoms. The summed E-state index contributed by atoms with van der Waals surface area (Å²) in [6, 6.07) is 6.02. The second-order valence-electron chi connectivity index (χ2n) is 5.39. The van der Waals surface area contributed by atoms with Crippen LogP contribution in [0.4, 0.5) is 0 Å². The number of amides is 1. The quantitative estimate of drug-likeness (QED) is 0.920. The summed E-state index contributed by atoms with van der Waals surface area (Å²) in [5.41, 5.74) is 0.816. The van der Waals surface area contributed by atoms with E-state index in [4.69, 9.17) is 0 Å². The molecule has 1 aliphatic rings. The molecular formula is C16H20N4OS. The third-order valence-corrected chi connectivity index (χ3v) is 4.81. The molecule has 1 unspecified atom stereocenters. The van der Waals surface area contributed by atoms with Gasteiger partial charge in [0.05, 0.1) is 11.9 Å². The normalized spacial score (nSPS) is 17.6. The summed E-state index contributed by atoms with van der Waals surface area (Å²) >= 11 is 1.42. The summed E-state index contributed by atoms with van der Waals surface area (Å²) in [5, 5.41) is 4.13. The van der Waals surface area contributed by atoms with E-state index in [0.717, 1.165) is 43.2 Å². The molecule has 1 N–H and O–H groups in total. The SMILES string of the molecule is CCCN(C(=O)c1cnc(-c2ccccn2)s1)C1CCNC1. The second kappa shape index (κ2) is 6.98. The van der Waals surface area contributed by atoms with Crippen LogP contribution in [0.2, 0.25) is 0 Å². The van der Waals surface area contributed by atoms with Crippen molar-refractivity contribution in [2.75, 3.05) is 19.6 Å². The highest BCUT2D eigenvalue weighted by molar-refractivity contribution is 7.16. The highest BCUT2D eigenvalue weighted by atomic mass is 32.1. The van der Waals surface area contributed by atoms with Gasteiger partial charge < -0.3 is 10.2 Å². The number of carbonyl (C=O) groups excluding carboxylic acids is 1. The van der Waals surface area contributed by atoms with Gasteiger partial charge in [0.15, 0.2) is 0 Å². The first-order chi connectivity index (χ1) is 10.8. The molecule has 0 aliphatic carbocycles. The molecule has 2 aromatic rings. The van der Waals surface area contributed by atoms with E-state index in [-0.39, 0.29) is 5.91 Å². The maximum atomic E-state index is 12.8. The number of carbonyl (C=O) groups is 1. The molecule has 0 spiro atoms. The number of hydrogen-bond acceptors (Lipinski definition) is 5. The van der Waals surface area contributed by atoms with E-state index >= 15 is 0 Å². The smallest absolute Gasteiger partial charge is 0.265 e. The average Bonchev–Trinajstić information content (AvgIpc) is 3.24. The Kier molecular flexibility index (Phi) is 4.80. The molecule has 5 nitrogen and oxygen atoms in total. The minimum Gasteiger partial charge on any atom is -0.334 e. The molecule has 116 valence electrons. The molecule has 0 radical (unpaired) electrons. The molecule has 2 aromatic heterocycles. The molecule has 0 aromatic carbocycles. The zero-order chi connectivity index (χ0) is 15.4. The van der Waals surface area contributed by atoms with Gasteiger partial charge in [-0.2, -0.15) is 0 Å². The number of thiazole rings is 1. The van der Waals surface area contributed by atoms with Gasteiger partial charge in [0, 0.05) is 25.3 Å². The molecule has 1 atom stereocenters. The number of nitrogens with zero attached hydrogens (tertiary/aromatic N) is 3. The van der Waals surface area contributed by atoms with Crippen molar-refractivity contribution in [1.82, 2.24) is 20.2 Å². The average molecular weight is 316 g/mol. The van der Waals surface area contributed by atoms with Crippen LogP contribution in [0.15, 0.2) is 30.6 Å². The Balaban J connectivity index is 1.80. The van der Waals surface area contributed by atoms with Crippen molar-refractivity contribution in [3.8, 4) is 10.7 Å². The van der Waals surface area contributed by atoms with Gasteiger partial charge >= 0.3 is 0 Å². The molecule has 0 bridgehead atoms. The molecular weight excluding hydrogens is 296 g/mol. The van der Waals surface area contributed by atoms with E-state index in [1.165, 1.54) is 11.3 Å². The fourth-order valence-electron chi connectivity index (χ4n) is 2.72. The van der Waals surface area contributed by atoms with Crippen molar-refractivity contribution in [2.45, 2.75) is 25.8 Å². The third-order valence-electron chi connectivity index (χ3n) is 3.80. The predicted molar refractivity (Wildman–Crippen MR) is 87.9 cm³/mol. The minimum atomic E-state index is 0.0928. The molecule has 1 aliphatic heterocycles. The maximum Gasteiger partial charge on any atom is 0.265 e. The summed E-state index contributed by atoms with van der Waals surface area (Å²) in [7, 11) is 0. The van der Waals surface area contributed by atoms with Gasteiger partial charge in [0.2, 0.25) is 0 Å². The van der Waals surface area contributed by atoms with Gasteiger partial charge in [-0.3, -0.25) is 9.78 Å². The van der Waals surface area contributed by atoms with Crippen molar-refractivity contribution < 1.29 is 4.79 Å². The molecule has 1 amide bonds. The zero-order valence-electron chi connectivity index (χ0n) is 12.7. The van der Waals surface area contributed by atoms with E-state index < -0.39 is 0 Å². The Morgan fingerprint density at radius 1 is 1.45 bits per heavy atom. The molecule has 3 heterocycles. The van der Waals surface area contributed by atoms with Gasteiger partial charge in [0.25, 0.3) is 5.91 Å². The van der Waals surface area contributed by atoms with Crippen molar-refractivity contribution in [1.29, 1.82) is 0 Å². The van der Waals surface area contributed by atoms with Crippen LogP contribution in [0.3, 0.4) is 0 Å². The number of hydrogen-bond donors (Lipinski definition) is 1. The number of rotatable bonds is 5. The van der Waals surface area contributed by atoms with Gasteiger partial charge in [-0.05, 0) is 31.5 Å². The molecule has 1 fully saturated rings. The fourth-order valence-corrected chi connectivity index (χ4v) is 3.57. The zero-order valence-corrected chi connectivity index (χ0v) is 13.5. The number of nitrogens with one attached hydrogen (secondary N) is 1. The van der Waals surface area contributed by atoms with Gasteiger partial charge in [-0.1, -0.05) is 13.0 Å². The number of pyridine rings is 1. The lowest BCUT2D eigenvalue weighted by molar-refractivity contribution is 0.0697. The van der Waals surface area contributed by atoms with Gasteiger partial charge in [0.1, 0.15) is 9.88 Å². The van der Waals surface area contributed by atoms with Crippen LogP contribution in [0, 0.1) is 0 Å². The highest BCUT2D eigenvalue weighted by Crippen LogP contribution is 2.25. The van der Waals surface area contributed by atoms with E-state index in [2.05, 4.69) is 22.2 Å². The van der Waals surface area contributed by atoms with Crippen LogP contribution in [-0.2, 0) is 0 Å². The van der Waals surface area contributed by atoms with Gasteiger partial charge in [-0.25, -0.2) is 4.98 Å². The van der Waals surface area contributed by atoms with Crippen molar-refractivity contribution in [3.63, 3.8) is 0 Å². The molecule has 3 rings (SSSR count). The summed E-state index contributed by atoms with van der Waals surface area (Å²) in [4.78, 5) is 24.2. The van der Waals surface area contributed by atoms with Crippen LogP contribution in [0.25, 0.3) is 10.7 Å². The standard InChI is InChI=1S/C16H20N4OS/c1-2-9-20(12-6-8-17-10-12)16(21)14-11-19-15(22-14)13-5-3-4-7-18-13/h3-5,7,11-12,17H,2,6,8-10H2,1H3. The first-order valence-corrected chi connectivity index (χ1v) is 8.50. The van der Waals surface area contributed by atoms with Crippen molar-refractivity contribution in [2.24, 2.45) is 0 Å². The Bertz CT molecular complexity index is 622. The van der Waals surface area contributed by atoms with Crippen LogP contribution >= 0.6 is 11.3 Å². The lowest BCUT2D eigenvalue weighted by Crippen LogP contribution is -2.41. The summed E-state index contributed by atoms with van der Waals surface area (Å²) < 4.78 is 0. The molecule has 0 saturated carbocycles. The minimum absolute atomic E-state index is 0.0928. The summed E-state index contributed by atoms with van der Waals surface area (Å²) in [6.45, 7) is 4.77. The van der Waals surface area contributed by atoms with Crippen LogP contribution in [-0.4, -0.2) is 46.5 Å². The molecule has 1 saturated heterocycles.